The summed E-state index contributed by atoms with van der Waals surface area (Å²) in [4.78, 5) is 1.17. The summed E-state index contributed by atoms with van der Waals surface area (Å²) in [5.41, 5.74) is 2.55. The molecule has 0 spiro atoms. The summed E-state index contributed by atoms with van der Waals surface area (Å²) >= 11 is 1.67. The van der Waals surface area contributed by atoms with Crippen LogP contribution in [0.1, 0.15) is 11.1 Å². The van der Waals surface area contributed by atoms with E-state index in [0.29, 0.717) is 5.71 Å². The van der Waals surface area contributed by atoms with Gasteiger partial charge in [-0.2, -0.15) is 0 Å². The zero-order chi connectivity index (χ0) is 14.4. The molecule has 0 saturated carbocycles. The summed E-state index contributed by atoms with van der Waals surface area (Å²) in [5.74, 6) is 0.762. The van der Waals surface area contributed by atoms with Crippen molar-refractivity contribution in [1.82, 2.24) is 0 Å². The van der Waals surface area contributed by atoms with Gasteiger partial charge in [0.05, 0.1) is 0 Å². The van der Waals surface area contributed by atoms with Crippen molar-refractivity contribution < 1.29 is 9.94 Å². The van der Waals surface area contributed by atoms with Crippen LogP contribution in [-0.4, -0.2) is 23.8 Å². The van der Waals surface area contributed by atoms with Crippen LogP contribution in [0.3, 0.4) is 0 Å². The van der Waals surface area contributed by atoms with Crippen LogP contribution in [0.2, 0.25) is 0 Å². The van der Waals surface area contributed by atoms with Gasteiger partial charge in [-0.3, -0.25) is 0 Å². The van der Waals surface area contributed by atoms with Crippen LogP contribution in [0.4, 0.5) is 0 Å². The molecule has 0 bridgehead atoms. The normalized spacial score (nSPS) is 11.4. The Morgan fingerprint density at radius 1 is 1.10 bits per heavy atom. The highest BCUT2D eigenvalue weighted by molar-refractivity contribution is 7.98. The van der Waals surface area contributed by atoms with E-state index in [-0.39, 0.29) is 6.61 Å². The van der Waals surface area contributed by atoms with Crippen molar-refractivity contribution >= 4 is 17.5 Å². The molecule has 3 nitrogen and oxygen atoms in total. The van der Waals surface area contributed by atoms with Gasteiger partial charge in [-0.25, -0.2) is 0 Å². The Balaban J connectivity index is 2.03. The third-order valence-corrected chi connectivity index (χ3v) is 3.68. The maximum atomic E-state index is 9.13. The fourth-order valence-corrected chi connectivity index (χ4v) is 2.15. The van der Waals surface area contributed by atoms with Crippen LogP contribution in [0.15, 0.2) is 58.6 Å². The lowest BCUT2D eigenvalue weighted by atomic mass is 10.1. The molecule has 0 aliphatic rings. The predicted octanol–water partition coefficient (Wildman–Crippen LogP) is 3.97. The third kappa shape index (κ3) is 3.78. The van der Waals surface area contributed by atoms with Gasteiger partial charge in [0.15, 0.2) is 0 Å². The van der Waals surface area contributed by atoms with Crippen LogP contribution < -0.4 is 4.74 Å². The van der Waals surface area contributed by atoms with Gasteiger partial charge in [-0.05, 0) is 37.4 Å². The standard InChI is InChI=1S/C16H17NO2S/c1-12-3-7-14(8-4-12)19-11-16(17-18)13-5-9-15(20-2)10-6-13/h3-10,18H,11H2,1-2H3/b17-16-. The van der Waals surface area contributed by atoms with E-state index in [9.17, 15) is 0 Å². The van der Waals surface area contributed by atoms with Gasteiger partial charge < -0.3 is 9.94 Å². The molecule has 0 heterocycles. The van der Waals surface area contributed by atoms with Crippen molar-refractivity contribution in [3.05, 3.63) is 59.7 Å². The molecule has 0 atom stereocenters. The molecule has 2 rings (SSSR count). The lowest BCUT2D eigenvalue weighted by molar-refractivity contribution is 0.308. The number of nitrogens with zero attached hydrogens (tertiary/aromatic N) is 1. The molecule has 1 N–H and O–H groups in total. The first-order valence-corrected chi connectivity index (χ1v) is 7.50. The second-order valence-corrected chi connectivity index (χ2v) is 5.26. The molecule has 0 fully saturated rings. The van der Waals surface area contributed by atoms with Gasteiger partial charge in [0.25, 0.3) is 0 Å². The quantitative estimate of drug-likeness (QED) is 0.391. The minimum atomic E-state index is 0.234. The van der Waals surface area contributed by atoms with Crippen molar-refractivity contribution in [2.75, 3.05) is 12.9 Å². The number of hydrogen-bond acceptors (Lipinski definition) is 4. The van der Waals surface area contributed by atoms with Crippen molar-refractivity contribution in [1.29, 1.82) is 0 Å². The summed E-state index contributed by atoms with van der Waals surface area (Å²) in [6, 6.07) is 15.6. The molecule has 0 aromatic heterocycles. The van der Waals surface area contributed by atoms with Crippen molar-refractivity contribution in [2.45, 2.75) is 11.8 Å². The van der Waals surface area contributed by atoms with Gasteiger partial charge >= 0.3 is 0 Å². The Morgan fingerprint density at radius 2 is 1.75 bits per heavy atom. The number of rotatable bonds is 5. The van der Waals surface area contributed by atoms with E-state index in [1.807, 2.05) is 61.7 Å². The number of hydrogen-bond donors (Lipinski definition) is 1. The van der Waals surface area contributed by atoms with Crippen LogP contribution >= 0.6 is 11.8 Å². The van der Waals surface area contributed by atoms with Crippen molar-refractivity contribution in [3.63, 3.8) is 0 Å². The average Bonchev–Trinajstić information content (AvgIpc) is 2.50. The Bertz CT molecular complexity index is 576. The Morgan fingerprint density at radius 3 is 2.30 bits per heavy atom. The average molecular weight is 287 g/mol. The summed E-state index contributed by atoms with van der Waals surface area (Å²) in [6.45, 7) is 2.26. The predicted molar refractivity (Wildman–Crippen MR) is 83.2 cm³/mol. The number of benzene rings is 2. The fourth-order valence-electron chi connectivity index (χ4n) is 1.74. The summed E-state index contributed by atoms with van der Waals surface area (Å²) in [7, 11) is 0. The molecule has 0 radical (unpaired) electrons. The maximum Gasteiger partial charge on any atom is 0.134 e. The molecule has 0 unspecified atom stereocenters. The van der Waals surface area contributed by atoms with Crippen molar-refractivity contribution in [3.8, 4) is 5.75 Å². The van der Waals surface area contributed by atoms with E-state index >= 15 is 0 Å². The minimum absolute atomic E-state index is 0.234. The lowest BCUT2D eigenvalue weighted by Crippen LogP contribution is -2.13. The summed E-state index contributed by atoms with van der Waals surface area (Å²) < 4.78 is 5.63. The SMILES string of the molecule is CSc1ccc(/C(COc2ccc(C)cc2)=N\O)cc1. The van der Waals surface area contributed by atoms with Gasteiger partial charge in [0.2, 0.25) is 0 Å². The minimum Gasteiger partial charge on any atom is -0.487 e. The van der Waals surface area contributed by atoms with Crippen LogP contribution in [-0.2, 0) is 0 Å². The molecule has 0 amide bonds. The highest BCUT2D eigenvalue weighted by Crippen LogP contribution is 2.16. The second kappa shape index (κ2) is 7.01. The van der Waals surface area contributed by atoms with Crippen LogP contribution in [0.5, 0.6) is 5.75 Å². The first-order chi connectivity index (χ1) is 9.72. The molecule has 2 aromatic rings. The number of thioether (sulfide) groups is 1. The number of ether oxygens (including phenoxy) is 1. The maximum absolute atomic E-state index is 9.13. The molecule has 0 aliphatic heterocycles. The highest BCUT2D eigenvalue weighted by atomic mass is 32.2. The monoisotopic (exact) mass is 287 g/mol. The second-order valence-electron chi connectivity index (χ2n) is 4.38. The Labute approximate surface area is 123 Å². The highest BCUT2D eigenvalue weighted by Gasteiger charge is 2.06. The topological polar surface area (TPSA) is 41.8 Å². The van der Waals surface area contributed by atoms with E-state index in [4.69, 9.17) is 9.94 Å². The van der Waals surface area contributed by atoms with E-state index in [0.717, 1.165) is 11.3 Å². The molecular formula is C16H17NO2S. The molecule has 2 aromatic carbocycles. The van der Waals surface area contributed by atoms with Gasteiger partial charge in [-0.15, -0.1) is 11.8 Å². The van der Waals surface area contributed by atoms with Gasteiger partial charge in [-0.1, -0.05) is 35.0 Å². The smallest absolute Gasteiger partial charge is 0.134 e. The van der Waals surface area contributed by atoms with E-state index in [2.05, 4.69) is 5.16 Å². The molecule has 0 aliphatic carbocycles. The van der Waals surface area contributed by atoms with Crippen molar-refractivity contribution in [2.24, 2.45) is 5.16 Å². The van der Waals surface area contributed by atoms with E-state index in [1.165, 1.54) is 10.5 Å². The third-order valence-electron chi connectivity index (χ3n) is 2.94. The van der Waals surface area contributed by atoms with Crippen LogP contribution in [0, 0.1) is 6.92 Å². The summed E-state index contributed by atoms with van der Waals surface area (Å²) in [5, 5.41) is 12.5. The molecule has 0 saturated heterocycles. The zero-order valence-electron chi connectivity index (χ0n) is 11.5. The molecule has 20 heavy (non-hydrogen) atoms. The first kappa shape index (κ1) is 14.5. The largest absolute Gasteiger partial charge is 0.487 e. The molecule has 104 valence electrons. The first-order valence-electron chi connectivity index (χ1n) is 6.28. The lowest BCUT2D eigenvalue weighted by Gasteiger charge is -2.08. The van der Waals surface area contributed by atoms with Gasteiger partial charge in [0, 0.05) is 10.5 Å². The van der Waals surface area contributed by atoms with E-state index in [1.54, 1.807) is 11.8 Å². The number of oxime groups is 1. The van der Waals surface area contributed by atoms with E-state index < -0.39 is 0 Å². The zero-order valence-corrected chi connectivity index (χ0v) is 12.4. The summed E-state index contributed by atoms with van der Waals surface area (Å²) in [6.07, 6.45) is 2.02. The molecular weight excluding hydrogens is 270 g/mol. The number of aryl methyl sites for hydroxylation is 1. The van der Waals surface area contributed by atoms with Crippen LogP contribution in [0.25, 0.3) is 0 Å². The molecule has 4 heteroatoms. The fraction of sp³-hybridized carbons (Fsp3) is 0.188. The van der Waals surface area contributed by atoms with Gasteiger partial charge in [0.1, 0.15) is 18.1 Å². The Hall–Kier alpha value is -1.94. The Kier molecular flexibility index (Phi) is 5.07.